The molecule has 114 valence electrons. The molecule has 1 spiro atoms. The number of benzene rings is 1. The zero-order chi connectivity index (χ0) is 15.0. The van der Waals surface area contributed by atoms with Crippen LogP contribution in [0.1, 0.15) is 29.5 Å². The molecule has 3 heteroatoms. The first-order valence-corrected chi connectivity index (χ1v) is 8.22. The molecule has 22 heavy (non-hydrogen) atoms. The van der Waals surface area contributed by atoms with Crippen LogP contribution >= 0.6 is 0 Å². The fraction of sp³-hybridized carbons (Fsp3) is 0.421. The van der Waals surface area contributed by atoms with Crippen LogP contribution in [0.25, 0.3) is 0 Å². The van der Waals surface area contributed by atoms with E-state index in [1.165, 1.54) is 42.6 Å². The quantitative estimate of drug-likeness (QED) is 0.920. The molecule has 4 rings (SSSR count). The zero-order valence-corrected chi connectivity index (χ0v) is 13.2. The topological polar surface area (TPSA) is 28.2 Å². The van der Waals surface area contributed by atoms with Crippen LogP contribution in [0.15, 0.2) is 42.6 Å². The highest BCUT2D eigenvalue weighted by Crippen LogP contribution is 2.42. The molecular weight excluding hydrogens is 270 g/mol. The normalized spacial score (nSPS) is 19.9. The van der Waals surface area contributed by atoms with Crippen molar-refractivity contribution in [3.63, 3.8) is 0 Å². The summed E-state index contributed by atoms with van der Waals surface area (Å²) in [6.07, 6.45) is 4.34. The maximum absolute atomic E-state index is 4.48. The van der Waals surface area contributed by atoms with Gasteiger partial charge in [-0.05, 0) is 44.5 Å². The molecule has 2 aliphatic heterocycles. The number of piperidine rings is 1. The molecule has 0 radical (unpaired) electrons. The molecule has 0 atom stereocenters. The average Bonchev–Trinajstić information content (AvgIpc) is 2.91. The Bertz CT molecular complexity index is 655. The van der Waals surface area contributed by atoms with Gasteiger partial charge in [0, 0.05) is 30.3 Å². The maximum Gasteiger partial charge on any atom is 0.129 e. The van der Waals surface area contributed by atoms with Crippen LogP contribution < -0.4 is 5.32 Å². The monoisotopic (exact) mass is 293 g/mol. The summed E-state index contributed by atoms with van der Waals surface area (Å²) >= 11 is 0. The third-order valence-corrected chi connectivity index (χ3v) is 5.31. The van der Waals surface area contributed by atoms with Gasteiger partial charge in [-0.15, -0.1) is 0 Å². The van der Waals surface area contributed by atoms with Gasteiger partial charge in [-0.1, -0.05) is 35.9 Å². The molecule has 2 aromatic rings. The lowest BCUT2D eigenvalue weighted by Crippen LogP contribution is -2.43. The van der Waals surface area contributed by atoms with Crippen LogP contribution in [0.5, 0.6) is 0 Å². The molecule has 1 aromatic heterocycles. The fourth-order valence-electron chi connectivity index (χ4n) is 3.86. The highest BCUT2D eigenvalue weighted by molar-refractivity contribution is 5.55. The number of fused-ring (bicyclic) bond motifs is 2. The van der Waals surface area contributed by atoms with Gasteiger partial charge in [-0.3, -0.25) is 4.90 Å². The van der Waals surface area contributed by atoms with Gasteiger partial charge in [-0.2, -0.15) is 0 Å². The summed E-state index contributed by atoms with van der Waals surface area (Å²) < 4.78 is 0. The lowest BCUT2D eigenvalue weighted by molar-refractivity contribution is 0.162. The van der Waals surface area contributed by atoms with Crippen molar-refractivity contribution in [1.29, 1.82) is 0 Å². The largest absolute Gasteiger partial charge is 0.369 e. The number of nitrogens with one attached hydrogen (secondary N) is 1. The predicted molar refractivity (Wildman–Crippen MR) is 90.1 cm³/mol. The van der Waals surface area contributed by atoms with Crippen molar-refractivity contribution in [1.82, 2.24) is 9.88 Å². The van der Waals surface area contributed by atoms with Gasteiger partial charge in [-0.25, -0.2) is 4.98 Å². The Morgan fingerprint density at radius 2 is 1.91 bits per heavy atom. The van der Waals surface area contributed by atoms with Gasteiger partial charge in [0.05, 0.1) is 0 Å². The molecule has 1 aromatic carbocycles. The molecule has 0 aliphatic carbocycles. The van der Waals surface area contributed by atoms with E-state index in [1.807, 2.05) is 6.20 Å². The third kappa shape index (κ3) is 2.40. The first-order chi connectivity index (χ1) is 10.8. The summed E-state index contributed by atoms with van der Waals surface area (Å²) in [4.78, 5) is 7.07. The van der Waals surface area contributed by atoms with E-state index in [4.69, 9.17) is 0 Å². The molecule has 0 unspecified atom stereocenters. The van der Waals surface area contributed by atoms with Crippen molar-refractivity contribution in [3.05, 3.63) is 59.3 Å². The number of pyridine rings is 1. The highest BCUT2D eigenvalue weighted by Gasteiger charge is 2.41. The van der Waals surface area contributed by atoms with E-state index >= 15 is 0 Å². The molecule has 1 N–H and O–H groups in total. The van der Waals surface area contributed by atoms with E-state index in [9.17, 15) is 0 Å². The van der Waals surface area contributed by atoms with E-state index in [0.717, 1.165) is 18.9 Å². The minimum Gasteiger partial charge on any atom is -0.369 e. The number of anilines is 1. The van der Waals surface area contributed by atoms with Crippen molar-refractivity contribution >= 4 is 5.82 Å². The Balaban J connectivity index is 1.44. The van der Waals surface area contributed by atoms with Crippen LogP contribution in [-0.4, -0.2) is 29.5 Å². The minimum atomic E-state index is 0.313. The molecule has 1 saturated heterocycles. The fourth-order valence-corrected chi connectivity index (χ4v) is 3.86. The standard InChI is InChI=1S/C19H23N3/c1-15-4-6-16(7-5-15)13-22-11-8-19(9-12-22)14-21-18-17(19)3-2-10-20-18/h2-7,10H,8-9,11-14H2,1H3,(H,20,21). The second-order valence-electron chi connectivity index (χ2n) is 6.80. The van der Waals surface area contributed by atoms with Crippen molar-refractivity contribution in [2.45, 2.75) is 31.7 Å². The Kier molecular flexibility index (Phi) is 3.38. The first kappa shape index (κ1) is 13.8. The Morgan fingerprint density at radius 1 is 1.14 bits per heavy atom. The van der Waals surface area contributed by atoms with E-state index in [2.05, 4.69) is 58.5 Å². The third-order valence-electron chi connectivity index (χ3n) is 5.31. The Labute approximate surface area is 132 Å². The van der Waals surface area contributed by atoms with E-state index in [-0.39, 0.29) is 0 Å². The number of rotatable bonds is 2. The Morgan fingerprint density at radius 3 is 2.68 bits per heavy atom. The number of aromatic nitrogens is 1. The molecule has 1 fully saturated rings. The summed E-state index contributed by atoms with van der Waals surface area (Å²) in [5.41, 5.74) is 4.51. The summed E-state index contributed by atoms with van der Waals surface area (Å²) in [6, 6.07) is 13.3. The second-order valence-corrected chi connectivity index (χ2v) is 6.80. The van der Waals surface area contributed by atoms with Crippen molar-refractivity contribution in [3.8, 4) is 0 Å². The summed E-state index contributed by atoms with van der Waals surface area (Å²) in [5.74, 6) is 1.11. The number of aryl methyl sites for hydroxylation is 1. The molecule has 3 heterocycles. The van der Waals surface area contributed by atoms with Gasteiger partial charge in [0.15, 0.2) is 0 Å². The second kappa shape index (κ2) is 5.40. The van der Waals surface area contributed by atoms with Crippen molar-refractivity contribution in [2.75, 3.05) is 25.0 Å². The molecule has 3 nitrogen and oxygen atoms in total. The highest BCUT2D eigenvalue weighted by atomic mass is 15.1. The van der Waals surface area contributed by atoms with Crippen molar-refractivity contribution < 1.29 is 0 Å². The number of nitrogens with zero attached hydrogens (tertiary/aromatic N) is 2. The zero-order valence-electron chi connectivity index (χ0n) is 13.2. The number of hydrogen-bond acceptors (Lipinski definition) is 3. The van der Waals surface area contributed by atoms with Crippen LogP contribution in [0.4, 0.5) is 5.82 Å². The summed E-state index contributed by atoms with van der Waals surface area (Å²) in [5, 5.41) is 3.50. The SMILES string of the molecule is Cc1ccc(CN2CCC3(CC2)CNc2ncccc23)cc1. The molecule has 0 amide bonds. The van der Waals surface area contributed by atoms with Gasteiger partial charge in [0.1, 0.15) is 5.82 Å². The number of likely N-dealkylation sites (tertiary alicyclic amines) is 1. The average molecular weight is 293 g/mol. The summed E-state index contributed by atoms with van der Waals surface area (Å²) in [7, 11) is 0. The van der Waals surface area contributed by atoms with Crippen LogP contribution in [0, 0.1) is 6.92 Å². The van der Waals surface area contributed by atoms with Crippen LogP contribution in [-0.2, 0) is 12.0 Å². The van der Waals surface area contributed by atoms with Gasteiger partial charge in [0.25, 0.3) is 0 Å². The van der Waals surface area contributed by atoms with Gasteiger partial charge >= 0.3 is 0 Å². The van der Waals surface area contributed by atoms with Gasteiger partial charge in [0.2, 0.25) is 0 Å². The maximum atomic E-state index is 4.48. The van der Waals surface area contributed by atoms with Gasteiger partial charge < -0.3 is 5.32 Å². The Hall–Kier alpha value is -1.87. The predicted octanol–water partition coefficient (Wildman–Crippen LogP) is 3.35. The number of hydrogen-bond donors (Lipinski definition) is 1. The first-order valence-electron chi connectivity index (χ1n) is 8.22. The minimum absolute atomic E-state index is 0.313. The van der Waals surface area contributed by atoms with E-state index in [0.29, 0.717) is 5.41 Å². The molecule has 0 bridgehead atoms. The molecule has 0 saturated carbocycles. The van der Waals surface area contributed by atoms with E-state index < -0.39 is 0 Å². The molecule has 2 aliphatic rings. The van der Waals surface area contributed by atoms with Crippen LogP contribution in [0.2, 0.25) is 0 Å². The lowest BCUT2D eigenvalue weighted by atomic mass is 9.75. The summed E-state index contributed by atoms with van der Waals surface area (Å²) in [6.45, 7) is 6.61. The van der Waals surface area contributed by atoms with Crippen LogP contribution in [0.3, 0.4) is 0 Å². The smallest absolute Gasteiger partial charge is 0.129 e. The van der Waals surface area contributed by atoms with Crippen molar-refractivity contribution in [2.24, 2.45) is 0 Å². The lowest BCUT2D eigenvalue weighted by Gasteiger charge is -2.39. The van der Waals surface area contributed by atoms with E-state index in [1.54, 1.807) is 0 Å². The molecular formula is C19H23N3.